The summed E-state index contributed by atoms with van der Waals surface area (Å²) in [4.78, 5) is 12.1. The number of carbonyl (C=O) groups excluding carboxylic acids is 1. The van der Waals surface area contributed by atoms with Crippen molar-refractivity contribution in [1.82, 2.24) is 10.6 Å². The summed E-state index contributed by atoms with van der Waals surface area (Å²) >= 11 is 0. The zero-order chi connectivity index (χ0) is 14.5. The number of fused-ring (bicyclic) bond motifs is 1. The van der Waals surface area contributed by atoms with Crippen molar-refractivity contribution in [2.75, 3.05) is 26.3 Å². The van der Waals surface area contributed by atoms with Gasteiger partial charge in [-0.2, -0.15) is 0 Å². The molecule has 1 atom stereocenters. The molecular weight excluding hydrogens is 268 g/mol. The topological polar surface area (TPSA) is 59.6 Å². The second kappa shape index (κ2) is 6.91. The molecule has 2 aliphatic heterocycles. The molecule has 1 aromatic carbocycles. The number of hydrogen-bond acceptors (Lipinski definition) is 4. The van der Waals surface area contributed by atoms with E-state index in [0.717, 1.165) is 43.7 Å². The van der Waals surface area contributed by atoms with Crippen molar-refractivity contribution in [2.45, 2.75) is 31.4 Å². The lowest BCUT2D eigenvalue weighted by atomic mass is 10.0. The Labute approximate surface area is 125 Å². The number of para-hydroxylation sites is 1. The van der Waals surface area contributed by atoms with Crippen LogP contribution in [0.3, 0.4) is 0 Å². The van der Waals surface area contributed by atoms with E-state index < -0.39 is 0 Å². The van der Waals surface area contributed by atoms with Crippen LogP contribution in [0.5, 0.6) is 5.75 Å². The zero-order valence-corrected chi connectivity index (χ0v) is 12.1. The van der Waals surface area contributed by atoms with Crippen molar-refractivity contribution in [2.24, 2.45) is 0 Å². The average Bonchev–Trinajstić information content (AvgIpc) is 2.54. The van der Waals surface area contributed by atoms with Gasteiger partial charge < -0.3 is 20.1 Å². The summed E-state index contributed by atoms with van der Waals surface area (Å²) in [5.41, 5.74) is 1.05. The van der Waals surface area contributed by atoms with Crippen LogP contribution in [0.4, 0.5) is 0 Å². The van der Waals surface area contributed by atoms with E-state index in [9.17, 15) is 4.79 Å². The Hall–Kier alpha value is -1.59. The highest BCUT2D eigenvalue weighted by molar-refractivity contribution is 5.77. The summed E-state index contributed by atoms with van der Waals surface area (Å²) in [6.07, 6.45) is 2.97. The molecule has 21 heavy (non-hydrogen) atoms. The molecule has 1 aromatic rings. The molecule has 0 bridgehead atoms. The molecule has 2 aliphatic rings. The molecule has 114 valence electrons. The van der Waals surface area contributed by atoms with Gasteiger partial charge in [0, 0.05) is 12.0 Å². The van der Waals surface area contributed by atoms with Crippen LogP contribution < -0.4 is 15.4 Å². The molecule has 0 saturated carbocycles. The van der Waals surface area contributed by atoms with Crippen molar-refractivity contribution in [3.05, 3.63) is 29.8 Å². The van der Waals surface area contributed by atoms with Crippen molar-refractivity contribution in [1.29, 1.82) is 0 Å². The van der Waals surface area contributed by atoms with Gasteiger partial charge in [0.2, 0.25) is 5.91 Å². The van der Waals surface area contributed by atoms with Crippen LogP contribution >= 0.6 is 0 Å². The normalized spacial score (nSPS) is 22.2. The number of benzene rings is 1. The van der Waals surface area contributed by atoms with Crippen molar-refractivity contribution < 1.29 is 14.3 Å². The SMILES string of the molecule is O=C(COC1CCNCC1)NC1CCOc2ccccc21. The van der Waals surface area contributed by atoms with Crippen LogP contribution in [0, 0.1) is 0 Å². The maximum absolute atomic E-state index is 12.1. The molecule has 0 aliphatic carbocycles. The lowest BCUT2D eigenvalue weighted by Crippen LogP contribution is -2.38. The molecule has 2 N–H and O–H groups in total. The van der Waals surface area contributed by atoms with E-state index in [0.29, 0.717) is 6.61 Å². The number of ether oxygens (including phenoxy) is 2. The van der Waals surface area contributed by atoms with Crippen molar-refractivity contribution >= 4 is 5.91 Å². The summed E-state index contributed by atoms with van der Waals surface area (Å²) in [5.74, 6) is 0.823. The molecule has 0 radical (unpaired) electrons. The van der Waals surface area contributed by atoms with E-state index >= 15 is 0 Å². The number of carbonyl (C=O) groups is 1. The second-order valence-electron chi connectivity index (χ2n) is 5.56. The van der Waals surface area contributed by atoms with E-state index in [1.807, 2.05) is 24.3 Å². The molecule has 1 amide bonds. The number of hydrogen-bond donors (Lipinski definition) is 2. The van der Waals surface area contributed by atoms with E-state index in [1.54, 1.807) is 0 Å². The number of amides is 1. The van der Waals surface area contributed by atoms with Gasteiger partial charge in [0.05, 0.1) is 18.8 Å². The highest BCUT2D eigenvalue weighted by Crippen LogP contribution is 2.31. The fraction of sp³-hybridized carbons (Fsp3) is 0.562. The van der Waals surface area contributed by atoms with Gasteiger partial charge >= 0.3 is 0 Å². The molecule has 5 heteroatoms. The van der Waals surface area contributed by atoms with Crippen molar-refractivity contribution in [3.63, 3.8) is 0 Å². The third-order valence-electron chi connectivity index (χ3n) is 4.03. The lowest BCUT2D eigenvalue weighted by Gasteiger charge is -2.27. The van der Waals surface area contributed by atoms with Crippen LogP contribution in [0.15, 0.2) is 24.3 Å². The van der Waals surface area contributed by atoms with E-state index in [1.165, 1.54) is 0 Å². The summed E-state index contributed by atoms with van der Waals surface area (Å²) in [6, 6.07) is 7.90. The Morgan fingerprint density at radius 3 is 2.95 bits per heavy atom. The molecule has 2 heterocycles. The van der Waals surface area contributed by atoms with E-state index in [4.69, 9.17) is 9.47 Å². The molecule has 1 unspecified atom stereocenters. The van der Waals surface area contributed by atoms with Crippen LogP contribution in [-0.4, -0.2) is 38.3 Å². The predicted octanol–water partition coefficient (Wildman–Crippen LogP) is 1.39. The van der Waals surface area contributed by atoms with E-state index in [2.05, 4.69) is 10.6 Å². The predicted molar refractivity (Wildman–Crippen MR) is 79.3 cm³/mol. The summed E-state index contributed by atoms with van der Waals surface area (Å²) in [6.45, 7) is 2.72. The summed E-state index contributed by atoms with van der Waals surface area (Å²) in [5, 5.41) is 6.34. The fourth-order valence-electron chi connectivity index (χ4n) is 2.88. The molecule has 1 saturated heterocycles. The third kappa shape index (κ3) is 3.74. The highest BCUT2D eigenvalue weighted by atomic mass is 16.5. The minimum absolute atomic E-state index is 0.0269. The Bertz CT molecular complexity index is 486. The minimum atomic E-state index is -0.0461. The Balaban J connectivity index is 1.51. The number of piperidine rings is 1. The van der Waals surface area contributed by atoms with Gasteiger partial charge in [-0.15, -0.1) is 0 Å². The first-order valence-electron chi connectivity index (χ1n) is 7.66. The molecule has 0 spiro atoms. The van der Waals surface area contributed by atoms with Gasteiger partial charge in [-0.05, 0) is 32.0 Å². The fourth-order valence-corrected chi connectivity index (χ4v) is 2.88. The van der Waals surface area contributed by atoms with Gasteiger partial charge in [0.1, 0.15) is 12.4 Å². The molecule has 1 fully saturated rings. The Morgan fingerprint density at radius 1 is 1.29 bits per heavy atom. The smallest absolute Gasteiger partial charge is 0.246 e. The summed E-state index contributed by atoms with van der Waals surface area (Å²) in [7, 11) is 0. The second-order valence-corrected chi connectivity index (χ2v) is 5.56. The zero-order valence-electron chi connectivity index (χ0n) is 12.1. The Kier molecular flexibility index (Phi) is 4.72. The number of nitrogens with one attached hydrogen (secondary N) is 2. The third-order valence-corrected chi connectivity index (χ3v) is 4.03. The van der Waals surface area contributed by atoms with Crippen LogP contribution in [0.1, 0.15) is 30.9 Å². The van der Waals surface area contributed by atoms with Gasteiger partial charge in [0.15, 0.2) is 0 Å². The molecular formula is C16H22N2O3. The van der Waals surface area contributed by atoms with Gasteiger partial charge in [0.25, 0.3) is 0 Å². The number of rotatable bonds is 4. The first-order valence-corrected chi connectivity index (χ1v) is 7.66. The Morgan fingerprint density at radius 2 is 2.10 bits per heavy atom. The van der Waals surface area contributed by atoms with Gasteiger partial charge in [-0.3, -0.25) is 4.79 Å². The van der Waals surface area contributed by atoms with Crippen molar-refractivity contribution in [3.8, 4) is 5.75 Å². The van der Waals surface area contributed by atoms with Crippen LogP contribution in [0.2, 0.25) is 0 Å². The van der Waals surface area contributed by atoms with Gasteiger partial charge in [-0.1, -0.05) is 18.2 Å². The quantitative estimate of drug-likeness (QED) is 0.880. The van der Waals surface area contributed by atoms with Crippen LogP contribution in [0.25, 0.3) is 0 Å². The van der Waals surface area contributed by atoms with E-state index in [-0.39, 0.29) is 24.7 Å². The lowest BCUT2D eigenvalue weighted by molar-refractivity contribution is -0.129. The monoisotopic (exact) mass is 290 g/mol. The molecule has 3 rings (SSSR count). The largest absolute Gasteiger partial charge is 0.493 e. The van der Waals surface area contributed by atoms with Crippen LogP contribution in [-0.2, 0) is 9.53 Å². The standard InChI is InChI=1S/C16H22N2O3/c19-16(11-21-12-5-8-17-9-6-12)18-14-7-10-20-15-4-2-1-3-13(14)15/h1-4,12,14,17H,5-11H2,(H,18,19). The van der Waals surface area contributed by atoms with Gasteiger partial charge in [-0.25, -0.2) is 0 Å². The minimum Gasteiger partial charge on any atom is -0.493 e. The molecule has 5 nitrogen and oxygen atoms in total. The molecule has 0 aromatic heterocycles. The summed E-state index contributed by atoms with van der Waals surface area (Å²) < 4.78 is 11.3. The maximum atomic E-state index is 12.1. The first-order chi connectivity index (χ1) is 10.3. The highest BCUT2D eigenvalue weighted by Gasteiger charge is 2.23. The maximum Gasteiger partial charge on any atom is 0.246 e. The first kappa shape index (κ1) is 14.4. The average molecular weight is 290 g/mol.